The largest absolute Gasteiger partial charge is 0.378 e. The Morgan fingerprint density at radius 2 is 1.83 bits per heavy atom. The molecule has 1 N–H and O–H groups in total. The van der Waals surface area contributed by atoms with Crippen molar-refractivity contribution in [3.8, 4) is 0 Å². The van der Waals surface area contributed by atoms with E-state index in [1.165, 1.54) is 0 Å². The first-order valence-corrected chi connectivity index (χ1v) is 9.38. The monoisotopic (exact) mass is 455 g/mol. The van der Waals surface area contributed by atoms with Gasteiger partial charge in [-0.1, -0.05) is 13.8 Å². The molecule has 1 unspecified atom stereocenters. The average molecular weight is 455 g/mol. The summed E-state index contributed by atoms with van der Waals surface area (Å²) in [4.78, 5) is 7.19. The molecule has 1 aliphatic rings. The Labute approximate surface area is 166 Å². The summed E-state index contributed by atoms with van der Waals surface area (Å²) in [7, 11) is 0. The summed E-state index contributed by atoms with van der Waals surface area (Å²) >= 11 is 0. The van der Waals surface area contributed by atoms with Gasteiger partial charge in [0.05, 0.1) is 12.2 Å². The van der Waals surface area contributed by atoms with Crippen molar-refractivity contribution in [3.05, 3.63) is 0 Å². The van der Waals surface area contributed by atoms with Gasteiger partial charge in [-0.15, -0.1) is 24.0 Å². The van der Waals surface area contributed by atoms with Crippen LogP contribution in [0, 0.1) is 5.92 Å². The molecular weight excluding hydrogens is 417 g/mol. The summed E-state index contributed by atoms with van der Waals surface area (Å²) in [5.41, 5.74) is 0. The van der Waals surface area contributed by atoms with Crippen molar-refractivity contribution < 1.29 is 9.47 Å². The molecule has 24 heavy (non-hydrogen) atoms. The third kappa shape index (κ3) is 8.85. The van der Waals surface area contributed by atoms with Crippen LogP contribution in [0.4, 0.5) is 0 Å². The Balaban J connectivity index is 0.00000529. The summed E-state index contributed by atoms with van der Waals surface area (Å²) in [5.74, 6) is 1.58. The molecule has 0 saturated carbocycles. The van der Waals surface area contributed by atoms with Gasteiger partial charge in [-0.05, 0) is 46.0 Å². The molecule has 6 heteroatoms. The van der Waals surface area contributed by atoms with Crippen molar-refractivity contribution in [2.75, 3.05) is 39.4 Å². The van der Waals surface area contributed by atoms with Crippen LogP contribution in [0.25, 0.3) is 0 Å². The van der Waals surface area contributed by atoms with E-state index in [-0.39, 0.29) is 24.0 Å². The van der Waals surface area contributed by atoms with E-state index in [9.17, 15) is 0 Å². The first kappa shape index (κ1) is 23.9. The van der Waals surface area contributed by atoms with E-state index in [1.807, 2.05) is 0 Å². The third-order valence-electron chi connectivity index (χ3n) is 4.28. The number of halogens is 1. The number of likely N-dealkylation sites (tertiary alicyclic amines) is 1. The lowest BCUT2D eigenvalue weighted by Gasteiger charge is -2.34. The molecule has 1 aliphatic heterocycles. The van der Waals surface area contributed by atoms with Crippen LogP contribution in [0.3, 0.4) is 0 Å². The first-order chi connectivity index (χ1) is 11.1. The highest BCUT2D eigenvalue weighted by atomic mass is 127. The molecule has 1 saturated heterocycles. The van der Waals surface area contributed by atoms with E-state index in [0.29, 0.717) is 18.1 Å². The highest BCUT2D eigenvalue weighted by molar-refractivity contribution is 14.0. The molecule has 5 nitrogen and oxygen atoms in total. The third-order valence-corrected chi connectivity index (χ3v) is 4.28. The van der Waals surface area contributed by atoms with E-state index in [0.717, 1.165) is 64.6 Å². The van der Waals surface area contributed by atoms with Gasteiger partial charge in [-0.2, -0.15) is 0 Å². The number of rotatable bonds is 9. The molecule has 1 fully saturated rings. The predicted molar refractivity (Wildman–Crippen MR) is 112 cm³/mol. The Bertz CT molecular complexity index is 332. The summed E-state index contributed by atoms with van der Waals surface area (Å²) in [6.07, 6.45) is 3.88. The number of piperidine rings is 1. The Morgan fingerprint density at radius 1 is 1.17 bits per heavy atom. The van der Waals surface area contributed by atoms with E-state index >= 15 is 0 Å². The van der Waals surface area contributed by atoms with Gasteiger partial charge in [0.15, 0.2) is 5.96 Å². The lowest BCUT2D eigenvalue weighted by Crippen LogP contribution is -2.47. The van der Waals surface area contributed by atoms with Gasteiger partial charge >= 0.3 is 0 Å². The number of hydrogen-bond acceptors (Lipinski definition) is 3. The minimum atomic E-state index is 0. The first-order valence-electron chi connectivity index (χ1n) is 9.38. The molecule has 0 aromatic carbocycles. The number of nitrogens with one attached hydrogen (secondary N) is 1. The molecule has 0 aromatic heterocycles. The fraction of sp³-hybridized carbons (Fsp3) is 0.944. The molecule has 0 bridgehead atoms. The quantitative estimate of drug-likeness (QED) is 0.328. The van der Waals surface area contributed by atoms with Crippen molar-refractivity contribution in [2.24, 2.45) is 10.9 Å². The summed E-state index contributed by atoms with van der Waals surface area (Å²) in [5, 5.41) is 3.43. The zero-order chi connectivity index (χ0) is 17.1. The van der Waals surface area contributed by atoms with E-state index in [2.05, 4.69) is 44.8 Å². The fourth-order valence-corrected chi connectivity index (χ4v) is 3.02. The van der Waals surface area contributed by atoms with Crippen LogP contribution in [0.15, 0.2) is 4.99 Å². The highest BCUT2D eigenvalue weighted by Crippen LogP contribution is 2.14. The molecule has 0 aliphatic carbocycles. The molecular formula is C18H38IN3O2. The van der Waals surface area contributed by atoms with Crippen LogP contribution in [-0.2, 0) is 9.47 Å². The predicted octanol–water partition coefficient (Wildman–Crippen LogP) is 3.52. The van der Waals surface area contributed by atoms with Crippen LogP contribution in [0.1, 0.15) is 53.9 Å². The number of nitrogens with zero attached hydrogens (tertiary/aromatic N) is 2. The second kappa shape index (κ2) is 14.1. The van der Waals surface area contributed by atoms with Crippen LogP contribution in [0.5, 0.6) is 0 Å². The maximum atomic E-state index is 5.81. The molecule has 0 radical (unpaired) electrons. The Hall–Kier alpha value is -0.0800. The molecule has 0 aromatic rings. The number of ether oxygens (including phenoxy) is 2. The van der Waals surface area contributed by atoms with Gasteiger partial charge in [-0.25, -0.2) is 0 Å². The van der Waals surface area contributed by atoms with Gasteiger partial charge in [0.1, 0.15) is 0 Å². The summed E-state index contributed by atoms with van der Waals surface area (Å²) in [6.45, 7) is 16.0. The summed E-state index contributed by atoms with van der Waals surface area (Å²) in [6, 6.07) is 0. The van der Waals surface area contributed by atoms with Gasteiger partial charge in [0.2, 0.25) is 0 Å². The molecule has 1 heterocycles. The minimum Gasteiger partial charge on any atom is -0.378 e. The molecule has 144 valence electrons. The van der Waals surface area contributed by atoms with E-state index < -0.39 is 0 Å². The maximum Gasteiger partial charge on any atom is 0.193 e. The van der Waals surface area contributed by atoms with Crippen molar-refractivity contribution in [1.82, 2.24) is 10.2 Å². The lowest BCUT2D eigenvalue weighted by atomic mass is 10.0. The lowest BCUT2D eigenvalue weighted by molar-refractivity contribution is 0.0252. The second-order valence-electron chi connectivity index (χ2n) is 6.40. The van der Waals surface area contributed by atoms with Crippen molar-refractivity contribution in [3.63, 3.8) is 0 Å². The molecule has 0 amide bonds. The Morgan fingerprint density at radius 3 is 2.33 bits per heavy atom. The van der Waals surface area contributed by atoms with Gasteiger partial charge in [0.25, 0.3) is 0 Å². The van der Waals surface area contributed by atoms with E-state index in [1.54, 1.807) is 0 Å². The fourth-order valence-electron chi connectivity index (χ4n) is 3.02. The number of aliphatic imine (C=N–C) groups is 1. The summed E-state index contributed by atoms with van der Waals surface area (Å²) < 4.78 is 11.5. The van der Waals surface area contributed by atoms with Crippen LogP contribution < -0.4 is 5.32 Å². The molecule has 0 spiro atoms. The van der Waals surface area contributed by atoms with Gasteiger partial charge < -0.3 is 19.7 Å². The smallest absolute Gasteiger partial charge is 0.193 e. The minimum absolute atomic E-state index is 0. The second-order valence-corrected chi connectivity index (χ2v) is 6.40. The molecule has 1 atom stereocenters. The van der Waals surface area contributed by atoms with Crippen molar-refractivity contribution in [2.45, 2.75) is 66.1 Å². The Kier molecular flexibility index (Phi) is 14.1. The topological polar surface area (TPSA) is 46.1 Å². The zero-order valence-corrected chi connectivity index (χ0v) is 18.5. The average Bonchev–Trinajstić information content (AvgIpc) is 2.54. The van der Waals surface area contributed by atoms with Gasteiger partial charge in [0, 0.05) is 39.4 Å². The highest BCUT2D eigenvalue weighted by Gasteiger charge is 2.21. The van der Waals surface area contributed by atoms with Crippen LogP contribution in [0.2, 0.25) is 0 Å². The van der Waals surface area contributed by atoms with Crippen LogP contribution >= 0.6 is 24.0 Å². The maximum absolute atomic E-state index is 5.81. The zero-order valence-electron chi connectivity index (χ0n) is 16.2. The van der Waals surface area contributed by atoms with Crippen molar-refractivity contribution in [1.29, 1.82) is 0 Å². The molecule has 1 rings (SSSR count). The van der Waals surface area contributed by atoms with Crippen LogP contribution in [-0.4, -0.2) is 62.5 Å². The normalized spacial score (nSPS) is 17.8. The standard InChI is InChI=1S/C18H37N3O2.HI/c1-6-19-18(20-12-9-17(15(4)5)23-8-3)21-13-10-16(11-14-21)22-7-2;/h15-17H,6-14H2,1-5H3,(H,19,20);1H. The number of guanidine groups is 1. The van der Waals surface area contributed by atoms with Gasteiger partial charge in [-0.3, -0.25) is 4.99 Å². The van der Waals surface area contributed by atoms with E-state index in [4.69, 9.17) is 14.5 Å². The van der Waals surface area contributed by atoms with Crippen molar-refractivity contribution >= 4 is 29.9 Å². The SMILES string of the molecule is CCNC(=NCCC(OCC)C(C)C)N1CCC(OCC)CC1.I. The number of hydrogen-bond donors (Lipinski definition) is 1.